The second kappa shape index (κ2) is 12.4. The van der Waals surface area contributed by atoms with Crippen LogP contribution >= 0.6 is 0 Å². The van der Waals surface area contributed by atoms with Crippen LogP contribution in [-0.4, -0.2) is 65.6 Å². The number of hydrogen-bond donors (Lipinski definition) is 0. The molecule has 3 aromatic rings. The minimum absolute atomic E-state index is 0.00163. The summed E-state index contributed by atoms with van der Waals surface area (Å²) in [5, 5.41) is 0. The zero-order valence-corrected chi connectivity index (χ0v) is 22.9. The van der Waals surface area contributed by atoms with Crippen LogP contribution in [0.25, 0.3) is 5.69 Å². The standard InChI is InChI=1S/C32H39N3O4/c1-2-33-23-24-38-29-11-4-3-9-26(29)10-5-6-16-32(31(33)37)17-21-35(22-18-32)30(36)25-39-28-14-12-27(13-15-28)34-19-7-8-20-34/h3-4,7-9,11-15,19-20H,2,5-6,10,16-18,21-25H2,1H3. The normalized spacial score (nSPS) is 18.0. The predicted octanol–water partition coefficient (Wildman–Crippen LogP) is 5.12. The van der Waals surface area contributed by atoms with Gasteiger partial charge in [-0.25, -0.2) is 0 Å². The van der Waals surface area contributed by atoms with E-state index in [0.29, 0.717) is 51.4 Å². The number of piperidine rings is 1. The lowest BCUT2D eigenvalue weighted by Gasteiger charge is -2.43. The van der Waals surface area contributed by atoms with Gasteiger partial charge in [-0.15, -0.1) is 0 Å². The van der Waals surface area contributed by atoms with Gasteiger partial charge < -0.3 is 23.8 Å². The smallest absolute Gasteiger partial charge is 0.260 e. The number of nitrogens with zero attached hydrogens (tertiary/aromatic N) is 3. The summed E-state index contributed by atoms with van der Waals surface area (Å²) < 4.78 is 13.9. The second-order valence-corrected chi connectivity index (χ2v) is 10.6. The molecule has 206 valence electrons. The third kappa shape index (κ3) is 6.29. The van der Waals surface area contributed by atoms with Crippen LogP contribution in [0.1, 0.15) is 44.6 Å². The third-order valence-corrected chi connectivity index (χ3v) is 8.24. The Balaban J connectivity index is 1.18. The largest absolute Gasteiger partial charge is 0.491 e. The van der Waals surface area contributed by atoms with Gasteiger partial charge in [-0.2, -0.15) is 0 Å². The van der Waals surface area contributed by atoms with Crippen molar-refractivity contribution in [1.29, 1.82) is 0 Å². The van der Waals surface area contributed by atoms with Gasteiger partial charge in [0.25, 0.3) is 5.91 Å². The van der Waals surface area contributed by atoms with Gasteiger partial charge in [-0.05, 0) is 87.1 Å². The Morgan fingerprint density at radius 1 is 0.923 bits per heavy atom. The molecule has 2 aliphatic heterocycles. The first-order valence-corrected chi connectivity index (χ1v) is 14.2. The molecule has 0 N–H and O–H groups in total. The van der Waals surface area contributed by atoms with Crippen LogP contribution in [0.5, 0.6) is 11.5 Å². The number of para-hydroxylation sites is 1. The minimum Gasteiger partial charge on any atom is -0.491 e. The summed E-state index contributed by atoms with van der Waals surface area (Å²) in [6.07, 6.45) is 9.16. The number of amides is 2. The molecule has 3 heterocycles. The molecule has 0 atom stereocenters. The summed E-state index contributed by atoms with van der Waals surface area (Å²) >= 11 is 0. The number of aryl methyl sites for hydroxylation is 1. The molecule has 7 heteroatoms. The second-order valence-electron chi connectivity index (χ2n) is 10.6. The monoisotopic (exact) mass is 529 g/mol. The van der Waals surface area contributed by atoms with E-state index in [9.17, 15) is 9.59 Å². The van der Waals surface area contributed by atoms with E-state index in [4.69, 9.17) is 9.47 Å². The molecular weight excluding hydrogens is 490 g/mol. The van der Waals surface area contributed by atoms with Crippen LogP contribution in [-0.2, 0) is 16.0 Å². The maximum absolute atomic E-state index is 13.9. The number of likely N-dealkylation sites (tertiary alicyclic amines) is 1. The Labute approximate surface area is 231 Å². The van der Waals surface area contributed by atoms with Crippen LogP contribution in [0.2, 0.25) is 0 Å². The molecule has 1 fully saturated rings. The van der Waals surface area contributed by atoms with Crippen LogP contribution in [0.15, 0.2) is 73.1 Å². The number of carbonyl (C=O) groups excluding carboxylic acids is 2. The van der Waals surface area contributed by atoms with Gasteiger partial charge in [0.05, 0.1) is 12.0 Å². The summed E-state index contributed by atoms with van der Waals surface area (Å²) in [5.74, 6) is 1.79. The lowest BCUT2D eigenvalue weighted by atomic mass is 9.73. The number of rotatable bonds is 5. The van der Waals surface area contributed by atoms with Gasteiger partial charge in [-0.1, -0.05) is 24.6 Å². The summed E-state index contributed by atoms with van der Waals surface area (Å²) in [5.41, 5.74) is 1.86. The fourth-order valence-corrected chi connectivity index (χ4v) is 5.85. The maximum Gasteiger partial charge on any atom is 0.260 e. The van der Waals surface area contributed by atoms with E-state index >= 15 is 0 Å². The highest BCUT2D eigenvalue weighted by Crippen LogP contribution is 2.39. The lowest BCUT2D eigenvalue weighted by Crippen LogP contribution is -2.52. The van der Waals surface area contributed by atoms with Crippen molar-refractivity contribution in [3.05, 3.63) is 78.6 Å². The Kier molecular flexibility index (Phi) is 8.54. The Morgan fingerprint density at radius 3 is 2.41 bits per heavy atom. The highest BCUT2D eigenvalue weighted by Gasteiger charge is 2.43. The van der Waals surface area contributed by atoms with E-state index in [1.165, 1.54) is 5.56 Å². The molecule has 1 spiro atoms. The number of benzene rings is 2. The molecular formula is C32H39N3O4. The molecule has 5 rings (SSSR count). The molecule has 0 bridgehead atoms. The van der Waals surface area contributed by atoms with Crippen molar-refractivity contribution in [1.82, 2.24) is 14.4 Å². The van der Waals surface area contributed by atoms with E-state index in [0.717, 1.165) is 37.1 Å². The fraction of sp³-hybridized carbons (Fsp3) is 0.438. The number of hydrogen-bond acceptors (Lipinski definition) is 4. The van der Waals surface area contributed by atoms with Gasteiger partial charge in [0.15, 0.2) is 6.61 Å². The van der Waals surface area contributed by atoms with E-state index < -0.39 is 5.41 Å². The van der Waals surface area contributed by atoms with Crippen molar-refractivity contribution in [2.75, 3.05) is 39.4 Å². The van der Waals surface area contributed by atoms with Crippen LogP contribution in [0, 0.1) is 5.41 Å². The maximum atomic E-state index is 13.9. The summed E-state index contributed by atoms with van der Waals surface area (Å²) in [4.78, 5) is 30.7. The first-order chi connectivity index (χ1) is 19.1. The van der Waals surface area contributed by atoms with Gasteiger partial charge in [-0.3, -0.25) is 9.59 Å². The van der Waals surface area contributed by atoms with Crippen LogP contribution in [0.4, 0.5) is 0 Å². The van der Waals surface area contributed by atoms with Gasteiger partial charge in [0.2, 0.25) is 5.91 Å². The summed E-state index contributed by atoms with van der Waals surface area (Å²) in [6, 6.07) is 19.9. The first-order valence-electron chi connectivity index (χ1n) is 14.2. The van der Waals surface area contributed by atoms with Crippen molar-refractivity contribution in [3.63, 3.8) is 0 Å². The lowest BCUT2D eigenvalue weighted by molar-refractivity contribution is -0.149. The number of aromatic nitrogens is 1. The first kappa shape index (κ1) is 26.9. The highest BCUT2D eigenvalue weighted by atomic mass is 16.5. The van der Waals surface area contributed by atoms with Crippen molar-refractivity contribution < 1.29 is 19.1 Å². The van der Waals surface area contributed by atoms with E-state index in [-0.39, 0.29) is 18.4 Å². The number of ether oxygens (including phenoxy) is 2. The molecule has 0 radical (unpaired) electrons. The minimum atomic E-state index is -0.416. The van der Waals surface area contributed by atoms with Crippen LogP contribution in [0.3, 0.4) is 0 Å². The molecule has 1 saturated heterocycles. The predicted molar refractivity (Wildman–Crippen MR) is 151 cm³/mol. The molecule has 0 saturated carbocycles. The Hall–Kier alpha value is -3.74. The average molecular weight is 530 g/mol. The fourth-order valence-electron chi connectivity index (χ4n) is 5.85. The van der Waals surface area contributed by atoms with Gasteiger partial charge in [0.1, 0.15) is 18.1 Å². The van der Waals surface area contributed by atoms with Crippen molar-refractivity contribution in [3.8, 4) is 17.2 Å². The Bertz CT molecular complexity index is 1230. The molecule has 0 aliphatic carbocycles. The third-order valence-electron chi connectivity index (χ3n) is 8.24. The summed E-state index contributed by atoms with van der Waals surface area (Å²) in [7, 11) is 0. The van der Waals surface area contributed by atoms with Crippen molar-refractivity contribution in [2.24, 2.45) is 5.41 Å². The average Bonchev–Trinajstić information content (AvgIpc) is 3.52. The summed E-state index contributed by atoms with van der Waals surface area (Å²) in [6.45, 7) is 4.92. The number of carbonyl (C=O) groups is 2. The van der Waals surface area contributed by atoms with E-state index in [2.05, 4.69) is 12.1 Å². The molecule has 7 nitrogen and oxygen atoms in total. The molecule has 1 aromatic heterocycles. The highest BCUT2D eigenvalue weighted by molar-refractivity contribution is 5.84. The van der Waals surface area contributed by atoms with E-state index in [1.54, 1.807) is 0 Å². The number of fused-ring (bicyclic) bond motifs is 1. The molecule has 2 amide bonds. The zero-order chi connectivity index (χ0) is 27.1. The molecule has 2 aromatic carbocycles. The van der Waals surface area contributed by atoms with Gasteiger partial charge >= 0.3 is 0 Å². The van der Waals surface area contributed by atoms with Crippen molar-refractivity contribution in [2.45, 2.75) is 45.4 Å². The van der Waals surface area contributed by atoms with Gasteiger partial charge in [0, 0.05) is 37.7 Å². The topological polar surface area (TPSA) is 64.0 Å². The quantitative estimate of drug-likeness (QED) is 0.460. The molecule has 2 aliphatic rings. The molecule has 0 unspecified atom stereocenters. The van der Waals surface area contributed by atoms with E-state index in [1.807, 2.05) is 82.2 Å². The number of likely N-dealkylation sites (N-methyl/N-ethyl adjacent to an activating group) is 1. The SMILES string of the molecule is CCN1CCOc2ccccc2CCCCC2(CCN(C(=O)COc3ccc(-n4cccc4)cc3)CC2)C1=O. The van der Waals surface area contributed by atoms with Crippen LogP contribution < -0.4 is 9.47 Å². The van der Waals surface area contributed by atoms with Crippen molar-refractivity contribution >= 4 is 11.8 Å². The molecule has 39 heavy (non-hydrogen) atoms. The zero-order valence-electron chi connectivity index (χ0n) is 22.9. The Morgan fingerprint density at radius 2 is 1.67 bits per heavy atom.